The van der Waals surface area contributed by atoms with E-state index in [4.69, 9.17) is 18.9 Å². The standard InChI is InChI=1S/C11H22O4/c1-5-6-14-11-9(12-3)7-15-8(2)10(11)13-4/h8-11H,5-7H2,1-4H3. The SMILES string of the molecule is CCCOC1C(OC)COC(C)C1OC. The van der Waals surface area contributed by atoms with E-state index in [1.165, 1.54) is 0 Å². The molecule has 0 N–H and O–H groups in total. The fourth-order valence-electron chi connectivity index (χ4n) is 1.90. The summed E-state index contributed by atoms with van der Waals surface area (Å²) in [6.45, 7) is 5.40. The Morgan fingerprint density at radius 2 is 1.93 bits per heavy atom. The molecule has 0 aliphatic carbocycles. The first-order chi connectivity index (χ1) is 7.24. The third-order valence-corrected chi connectivity index (χ3v) is 2.77. The third kappa shape index (κ3) is 3.14. The Bertz CT molecular complexity index is 174. The molecule has 4 atom stereocenters. The molecule has 0 bridgehead atoms. The molecule has 4 unspecified atom stereocenters. The summed E-state index contributed by atoms with van der Waals surface area (Å²) >= 11 is 0. The van der Waals surface area contributed by atoms with E-state index < -0.39 is 0 Å². The van der Waals surface area contributed by atoms with Crippen LogP contribution in [-0.4, -0.2) is 51.8 Å². The van der Waals surface area contributed by atoms with Crippen molar-refractivity contribution in [3.8, 4) is 0 Å². The van der Waals surface area contributed by atoms with Crippen LogP contribution in [0.4, 0.5) is 0 Å². The van der Waals surface area contributed by atoms with Crippen LogP contribution in [0.25, 0.3) is 0 Å². The maximum atomic E-state index is 5.78. The van der Waals surface area contributed by atoms with Crippen LogP contribution < -0.4 is 0 Å². The van der Waals surface area contributed by atoms with Crippen molar-refractivity contribution in [2.75, 3.05) is 27.4 Å². The zero-order valence-corrected chi connectivity index (χ0v) is 10.1. The van der Waals surface area contributed by atoms with E-state index in [1.54, 1.807) is 14.2 Å². The lowest BCUT2D eigenvalue weighted by Crippen LogP contribution is -2.54. The van der Waals surface area contributed by atoms with Gasteiger partial charge in [-0.3, -0.25) is 0 Å². The fraction of sp³-hybridized carbons (Fsp3) is 1.00. The van der Waals surface area contributed by atoms with E-state index in [9.17, 15) is 0 Å². The summed E-state index contributed by atoms with van der Waals surface area (Å²) < 4.78 is 22.1. The third-order valence-electron chi connectivity index (χ3n) is 2.77. The van der Waals surface area contributed by atoms with Crippen LogP contribution in [0.1, 0.15) is 20.3 Å². The zero-order valence-electron chi connectivity index (χ0n) is 10.1. The molecule has 0 spiro atoms. The Morgan fingerprint density at radius 3 is 2.47 bits per heavy atom. The summed E-state index contributed by atoms with van der Waals surface area (Å²) in [4.78, 5) is 0. The maximum Gasteiger partial charge on any atom is 0.114 e. The highest BCUT2D eigenvalue weighted by Gasteiger charge is 2.39. The van der Waals surface area contributed by atoms with Gasteiger partial charge in [-0.1, -0.05) is 6.92 Å². The fourth-order valence-corrected chi connectivity index (χ4v) is 1.90. The predicted octanol–water partition coefficient (Wildman–Crippen LogP) is 1.23. The Balaban J connectivity index is 2.60. The van der Waals surface area contributed by atoms with Crippen molar-refractivity contribution >= 4 is 0 Å². The molecular formula is C11H22O4. The summed E-state index contributed by atoms with van der Waals surface area (Å²) in [5, 5.41) is 0. The van der Waals surface area contributed by atoms with E-state index >= 15 is 0 Å². The van der Waals surface area contributed by atoms with Crippen molar-refractivity contribution in [1.82, 2.24) is 0 Å². The molecule has 0 aromatic carbocycles. The number of hydrogen-bond acceptors (Lipinski definition) is 4. The first-order valence-electron chi connectivity index (χ1n) is 5.53. The molecule has 0 aromatic rings. The van der Waals surface area contributed by atoms with Crippen LogP contribution in [0.3, 0.4) is 0 Å². The van der Waals surface area contributed by atoms with E-state index in [1.807, 2.05) is 6.92 Å². The highest BCUT2D eigenvalue weighted by Crippen LogP contribution is 2.22. The normalized spacial score (nSPS) is 36.8. The molecule has 90 valence electrons. The Hall–Kier alpha value is -0.160. The van der Waals surface area contributed by atoms with Crippen molar-refractivity contribution in [2.45, 2.75) is 44.7 Å². The van der Waals surface area contributed by atoms with Crippen LogP contribution in [0, 0.1) is 0 Å². The van der Waals surface area contributed by atoms with Gasteiger partial charge in [0.05, 0.1) is 12.7 Å². The first-order valence-corrected chi connectivity index (χ1v) is 5.53. The first kappa shape index (κ1) is 12.9. The lowest BCUT2D eigenvalue weighted by atomic mass is 10.0. The second kappa shape index (κ2) is 6.43. The van der Waals surface area contributed by atoms with Crippen LogP contribution >= 0.6 is 0 Å². The number of rotatable bonds is 5. The van der Waals surface area contributed by atoms with Crippen molar-refractivity contribution in [3.63, 3.8) is 0 Å². The van der Waals surface area contributed by atoms with Gasteiger partial charge in [0.2, 0.25) is 0 Å². The largest absolute Gasteiger partial charge is 0.376 e. The summed E-state index contributed by atoms with van der Waals surface area (Å²) in [6.07, 6.45) is 0.957. The van der Waals surface area contributed by atoms with E-state index in [0.29, 0.717) is 6.61 Å². The van der Waals surface area contributed by atoms with E-state index in [-0.39, 0.29) is 24.4 Å². The Morgan fingerprint density at radius 1 is 1.20 bits per heavy atom. The van der Waals surface area contributed by atoms with Gasteiger partial charge in [0, 0.05) is 20.8 Å². The summed E-state index contributed by atoms with van der Waals surface area (Å²) in [5.41, 5.74) is 0. The second-order valence-corrected chi connectivity index (χ2v) is 3.85. The predicted molar refractivity (Wildman–Crippen MR) is 57.0 cm³/mol. The average molecular weight is 218 g/mol. The molecule has 15 heavy (non-hydrogen) atoms. The molecule has 4 nitrogen and oxygen atoms in total. The van der Waals surface area contributed by atoms with Crippen LogP contribution in [0.2, 0.25) is 0 Å². The monoisotopic (exact) mass is 218 g/mol. The van der Waals surface area contributed by atoms with E-state index in [0.717, 1.165) is 13.0 Å². The molecule has 0 saturated carbocycles. The molecule has 1 saturated heterocycles. The van der Waals surface area contributed by atoms with Gasteiger partial charge in [-0.05, 0) is 13.3 Å². The molecule has 4 heteroatoms. The highest BCUT2D eigenvalue weighted by molar-refractivity contribution is 4.87. The highest BCUT2D eigenvalue weighted by atomic mass is 16.6. The van der Waals surface area contributed by atoms with Gasteiger partial charge in [0.1, 0.15) is 18.3 Å². The number of methoxy groups -OCH3 is 2. The topological polar surface area (TPSA) is 36.9 Å². The lowest BCUT2D eigenvalue weighted by Gasteiger charge is -2.39. The average Bonchev–Trinajstić information content (AvgIpc) is 2.26. The minimum Gasteiger partial charge on any atom is -0.376 e. The van der Waals surface area contributed by atoms with Crippen LogP contribution in [0.5, 0.6) is 0 Å². The summed E-state index contributed by atoms with van der Waals surface area (Å²) in [5.74, 6) is 0. The molecule has 0 aromatic heterocycles. The Labute approximate surface area is 91.8 Å². The molecular weight excluding hydrogens is 196 g/mol. The van der Waals surface area contributed by atoms with Gasteiger partial charge >= 0.3 is 0 Å². The Kier molecular flexibility index (Phi) is 5.53. The van der Waals surface area contributed by atoms with Gasteiger partial charge in [-0.25, -0.2) is 0 Å². The van der Waals surface area contributed by atoms with Gasteiger partial charge in [0.15, 0.2) is 0 Å². The van der Waals surface area contributed by atoms with Crippen LogP contribution in [-0.2, 0) is 18.9 Å². The van der Waals surface area contributed by atoms with E-state index in [2.05, 4.69) is 6.92 Å². The van der Waals surface area contributed by atoms with Gasteiger partial charge in [0.25, 0.3) is 0 Å². The second-order valence-electron chi connectivity index (χ2n) is 3.85. The van der Waals surface area contributed by atoms with Crippen molar-refractivity contribution < 1.29 is 18.9 Å². The van der Waals surface area contributed by atoms with Crippen molar-refractivity contribution in [1.29, 1.82) is 0 Å². The minimum atomic E-state index is -0.0461. The summed E-state index contributed by atoms with van der Waals surface area (Å²) in [7, 11) is 3.36. The summed E-state index contributed by atoms with van der Waals surface area (Å²) in [6, 6.07) is 0. The molecule has 1 rings (SSSR count). The van der Waals surface area contributed by atoms with Gasteiger partial charge < -0.3 is 18.9 Å². The minimum absolute atomic E-state index is 0.0244. The van der Waals surface area contributed by atoms with Crippen molar-refractivity contribution in [3.05, 3.63) is 0 Å². The lowest BCUT2D eigenvalue weighted by molar-refractivity contribution is -0.214. The molecule has 1 aliphatic rings. The van der Waals surface area contributed by atoms with Crippen LogP contribution in [0.15, 0.2) is 0 Å². The smallest absolute Gasteiger partial charge is 0.114 e. The number of ether oxygens (including phenoxy) is 4. The van der Waals surface area contributed by atoms with Gasteiger partial charge in [-0.2, -0.15) is 0 Å². The molecule has 1 fully saturated rings. The van der Waals surface area contributed by atoms with Crippen molar-refractivity contribution in [2.24, 2.45) is 0 Å². The maximum absolute atomic E-state index is 5.78. The molecule has 1 heterocycles. The molecule has 0 amide bonds. The van der Waals surface area contributed by atoms with Gasteiger partial charge in [-0.15, -0.1) is 0 Å². The molecule has 1 aliphatic heterocycles. The quantitative estimate of drug-likeness (QED) is 0.695. The number of hydrogen-bond donors (Lipinski definition) is 0. The molecule has 0 radical (unpaired) electrons. The zero-order chi connectivity index (χ0) is 11.3.